The van der Waals surface area contributed by atoms with Crippen molar-refractivity contribution in [2.45, 2.75) is 33.3 Å². The predicted molar refractivity (Wildman–Crippen MR) is 96.2 cm³/mol. The van der Waals surface area contributed by atoms with Crippen LogP contribution in [0.4, 0.5) is 0 Å². The van der Waals surface area contributed by atoms with Gasteiger partial charge in [0.15, 0.2) is 5.96 Å². The van der Waals surface area contributed by atoms with Gasteiger partial charge in [0.25, 0.3) is 0 Å². The van der Waals surface area contributed by atoms with E-state index in [1.165, 1.54) is 0 Å². The van der Waals surface area contributed by atoms with Crippen molar-refractivity contribution in [3.05, 3.63) is 30.3 Å². The Hall–Kier alpha value is -1.75. The first-order valence-electron chi connectivity index (χ1n) is 8.12. The monoisotopic (exact) mass is 321 g/mol. The van der Waals surface area contributed by atoms with Gasteiger partial charge < -0.3 is 20.1 Å². The van der Waals surface area contributed by atoms with Gasteiger partial charge in [0, 0.05) is 27.2 Å². The number of methoxy groups -OCH3 is 1. The maximum absolute atomic E-state index is 5.66. The Bertz CT molecular complexity index is 455. The highest BCUT2D eigenvalue weighted by Crippen LogP contribution is 2.20. The summed E-state index contributed by atoms with van der Waals surface area (Å²) in [7, 11) is 3.52. The Morgan fingerprint density at radius 2 is 1.87 bits per heavy atom. The van der Waals surface area contributed by atoms with Crippen LogP contribution in [0.25, 0.3) is 0 Å². The number of guanidine groups is 1. The molecule has 130 valence electrons. The van der Waals surface area contributed by atoms with Crippen LogP contribution in [0.3, 0.4) is 0 Å². The highest BCUT2D eigenvalue weighted by Gasteiger charge is 2.24. The molecule has 1 unspecified atom stereocenters. The first kappa shape index (κ1) is 19.3. The molecule has 0 amide bonds. The van der Waals surface area contributed by atoms with Crippen molar-refractivity contribution >= 4 is 5.96 Å². The molecule has 1 aromatic carbocycles. The Labute approximate surface area is 140 Å². The quantitative estimate of drug-likeness (QED) is 0.439. The Kier molecular flexibility index (Phi) is 8.48. The van der Waals surface area contributed by atoms with Gasteiger partial charge in [-0.15, -0.1) is 0 Å². The largest absolute Gasteiger partial charge is 0.494 e. The van der Waals surface area contributed by atoms with Crippen molar-refractivity contribution in [2.24, 2.45) is 10.4 Å². The lowest BCUT2D eigenvalue weighted by Crippen LogP contribution is -2.45. The summed E-state index contributed by atoms with van der Waals surface area (Å²) in [6.07, 6.45) is 1.03. The van der Waals surface area contributed by atoms with Crippen LogP contribution in [0, 0.1) is 5.41 Å². The maximum Gasteiger partial charge on any atom is 0.191 e. The second-order valence-electron chi connectivity index (χ2n) is 6.49. The van der Waals surface area contributed by atoms with Crippen LogP contribution >= 0.6 is 0 Å². The zero-order valence-corrected chi connectivity index (χ0v) is 15.1. The molecule has 0 radical (unpaired) electrons. The summed E-state index contributed by atoms with van der Waals surface area (Å²) in [6, 6.07) is 9.85. The van der Waals surface area contributed by atoms with E-state index in [1.807, 2.05) is 30.3 Å². The van der Waals surface area contributed by atoms with E-state index in [1.54, 1.807) is 14.2 Å². The molecule has 0 heterocycles. The molecule has 0 aliphatic carbocycles. The van der Waals surface area contributed by atoms with Crippen molar-refractivity contribution in [3.8, 4) is 5.75 Å². The maximum atomic E-state index is 5.66. The molecule has 0 saturated carbocycles. The number of hydrogen-bond acceptors (Lipinski definition) is 3. The molecule has 0 spiro atoms. The lowest BCUT2D eigenvalue weighted by molar-refractivity contribution is 0.0205. The molecule has 0 aromatic heterocycles. The summed E-state index contributed by atoms with van der Waals surface area (Å²) in [5.41, 5.74) is 0.0874. The highest BCUT2D eigenvalue weighted by atomic mass is 16.5. The van der Waals surface area contributed by atoms with E-state index in [0.29, 0.717) is 6.61 Å². The molecule has 23 heavy (non-hydrogen) atoms. The average Bonchev–Trinajstić information content (AvgIpc) is 2.53. The van der Waals surface area contributed by atoms with E-state index in [9.17, 15) is 0 Å². The molecular weight excluding hydrogens is 290 g/mol. The van der Waals surface area contributed by atoms with Crippen molar-refractivity contribution in [1.29, 1.82) is 0 Å². The van der Waals surface area contributed by atoms with Gasteiger partial charge in [0.1, 0.15) is 5.75 Å². The molecule has 0 aliphatic heterocycles. The van der Waals surface area contributed by atoms with E-state index in [-0.39, 0.29) is 11.5 Å². The highest BCUT2D eigenvalue weighted by molar-refractivity contribution is 5.79. The number of benzene rings is 1. The minimum absolute atomic E-state index is 0.0874. The number of nitrogens with zero attached hydrogens (tertiary/aromatic N) is 1. The standard InChI is InChI=1S/C18H31N3O2/c1-18(2,3)16(22-5)14-21-17(19-4)20-12-9-13-23-15-10-7-6-8-11-15/h6-8,10-11,16H,9,12-14H2,1-5H3,(H2,19,20,21). The van der Waals surface area contributed by atoms with Gasteiger partial charge in [-0.3, -0.25) is 4.99 Å². The third-order valence-electron chi connectivity index (χ3n) is 3.55. The zero-order valence-electron chi connectivity index (χ0n) is 15.1. The van der Waals surface area contributed by atoms with E-state index in [2.05, 4.69) is 36.4 Å². The third-order valence-corrected chi connectivity index (χ3v) is 3.55. The summed E-state index contributed by atoms with van der Waals surface area (Å²) < 4.78 is 11.2. The lowest BCUT2D eigenvalue weighted by Gasteiger charge is -2.30. The normalized spacial score (nSPS) is 13.5. The van der Waals surface area contributed by atoms with Crippen molar-refractivity contribution < 1.29 is 9.47 Å². The predicted octanol–water partition coefficient (Wildman–Crippen LogP) is 2.68. The number of hydrogen-bond donors (Lipinski definition) is 2. The second-order valence-corrected chi connectivity index (χ2v) is 6.49. The second kappa shape index (κ2) is 10.1. The fraction of sp³-hybridized carbons (Fsp3) is 0.611. The topological polar surface area (TPSA) is 54.9 Å². The van der Waals surface area contributed by atoms with E-state index >= 15 is 0 Å². The van der Waals surface area contributed by atoms with Crippen molar-refractivity contribution in [1.82, 2.24) is 10.6 Å². The van der Waals surface area contributed by atoms with E-state index in [4.69, 9.17) is 9.47 Å². The average molecular weight is 321 g/mol. The summed E-state index contributed by atoms with van der Waals surface area (Å²) >= 11 is 0. The van der Waals surface area contributed by atoms with Crippen LogP contribution in [0.2, 0.25) is 0 Å². The van der Waals surface area contributed by atoms with Gasteiger partial charge in [-0.05, 0) is 24.0 Å². The summed E-state index contributed by atoms with van der Waals surface area (Å²) in [5, 5.41) is 6.60. The molecule has 1 aromatic rings. The number of para-hydroxylation sites is 1. The SMILES string of the molecule is CN=C(NCCCOc1ccccc1)NCC(OC)C(C)(C)C. The molecule has 2 N–H and O–H groups in total. The van der Waals surface area contributed by atoms with Crippen molar-refractivity contribution in [3.63, 3.8) is 0 Å². The Morgan fingerprint density at radius 1 is 1.17 bits per heavy atom. The van der Waals surface area contributed by atoms with E-state index in [0.717, 1.165) is 31.2 Å². The molecule has 0 bridgehead atoms. The minimum atomic E-state index is 0.0874. The van der Waals surface area contributed by atoms with Gasteiger partial charge in [0.2, 0.25) is 0 Å². The number of ether oxygens (including phenoxy) is 2. The van der Waals surface area contributed by atoms with Crippen LogP contribution in [0.15, 0.2) is 35.3 Å². The van der Waals surface area contributed by atoms with Crippen LogP contribution in [-0.2, 0) is 4.74 Å². The van der Waals surface area contributed by atoms with Crippen LogP contribution < -0.4 is 15.4 Å². The van der Waals surface area contributed by atoms with Gasteiger partial charge in [-0.25, -0.2) is 0 Å². The van der Waals surface area contributed by atoms with Gasteiger partial charge >= 0.3 is 0 Å². The molecule has 1 rings (SSSR count). The summed E-state index contributed by atoms with van der Waals surface area (Å²) in [5.74, 6) is 1.69. The number of aliphatic imine (C=N–C) groups is 1. The summed E-state index contributed by atoms with van der Waals surface area (Å²) in [4.78, 5) is 4.23. The van der Waals surface area contributed by atoms with E-state index < -0.39 is 0 Å². The smallest absolute Gasteiger partial charge is 0.191 e. The van der Waals surface area contributed by atoms with Gasteiger partial charge in [-0.2, -0.15) is 0 Å². The number of nitrogens with one attached hydrogen (secondary N) is 2. The Morgan fingerprint density at radius 3 is 2.43 bits per heavy atom. The van der Waals surface area contributed by atoms with Gasteiger partial charge in [0.05, 0.1) is 12.7 Å². The zero-order chi connectivity index (χ0) is 17.1. The van der Waals surface area contributed by atoms with Crippen LogP contribution in [-0.4, -0.2) is 45.9 Å². The first-order valence-corrected chi connectivity index (χ1v) is 8.12. The number of rotatable bonds is 8. The molecule has 0 saturated heterocycles. The lowest BCUT2D eigenvalue weighted by atomic mass is 9.89. The minimum Gasteiger partial charge on any atom is -0.494 e. The molecular formula is C18H31N3O2. The molecule has 0 fully saturated rings. The molecule has 0 aliphatic rings. The Balaban J connectivity index is 2.21. The fourth-order valence-electron chi connectivity index (χ4n) is 2.14. The van der Waals surface area contributed by atoms with Gasteiger partial charge in [-0.1, -0.05) is 39.0 Å². The van der Waals surface area contributed by atoms with Crippen LogP contribution in [0.5, 0.6) is 5.75 Å². The molecule has 5 heteroatoms. The molecule has 1 atom stereocenters. The molecule has 5 nitrogen and oxygen atoms in total. The fourth-order valence-corrected chi connectivity index (χ4v) is 2.14. The van der Waals surface area contributed by atoms with Crippen LogP contribution in [0.1, 0.15) is 27.2 Å². The third kappa shape index (κ3) is 7.88. The van der Waals surface area contributed by atoms with Crippen molar-refractivity contribution in [2.75, 3.05) is 33.9 Å². The summed E-state index contributed by atoms with van der Waals surface area (Å²) in [6.45, 7) is 8.70. The first-order chi connectivity index (χ1) is 11.0.